The van der Waals surface area contributed by atoms with Crippen LogP contribution in [0.15, 0.2) is 53.9 Å². The molecule has 2 aromatic carbocycles. The number of piperazine rings is 1. The van der Waals surface area contributed by atoms with Gasteiger partial charge in [-0.05, 0) is 29.8 Å². The van der Waals surface area contributed by atoms with Gasteiger partial charge in [0, 0.05) is 44.7 Å². The minimum absolute atomic E-state index is 0.0630. The third kappa shape index (κ3) is 7.31. The molecular weight excluding hydrogens is 509 g/mol. The lowest BCUT2D eigenvalue weighted by Gasteiger charge is -2.33. The summed E-state index contributed by atoms with van der Waals surface area (Å²) < 4.78 is 72.0. The second kappa shape index (κ2) is 11.6. The van der Waals surface area contributed by atoms with Crippen molar-refractivity contribution in [1.29, 1.82) is 0 Å². The van der Waals surface area contributed by atoms with Crippen molar-refractivity contribution < 1.29 is 31.1 Å². The van der Waals surface area contributed by atoms with Gasteiger partial charge in [0.15, 0.2) is 0 Å². The molecule has 0 atom stereocenters. The highest BCUT2D eigenvalue weighted by atomic mass is 32.2. The number of ether oxygens (including phenoxy) is 1. The molecule has 2 aliphatic rings. The zero-order chi connectivity index (χ0) is 26.5. The molecule has 2 aromatic rings. The molecule has 4 rings (SSSR count). The number of hydrogen-bond donors (Lipinski definition) is 1. The fraction of sp³-hybridized carbons (Fsp3) is 0.400. The van der Waals surface area contributed by atoms with E-state index >= 15 is 0 Å². The number of nitrogens with zero attached hydrogens (tertiary/aromatic N) is 3. The maximum absolute atomic E-state index is 13.3. The van der Waals surface area contributed by atoms with Crippen LogP contribution in [-0.2, 0) is 25.7 Å². The molecule has 0 radical (unpaired) electrons. The molecule has 0 bridgehead atoms. The molecule has 0 saturated carbocycles. The van der Waals surface area contributed by atoms with Gasteiger partial charge in [0.2, 0.25) is 15.9 Å². The molecular formula is C25H29F3N4O4S. The van der Waals surface area contributed by atoms with Gasteiger partial charge in [-0.15, -0.1) is 0 Å². The SMILES string of the molecule is O=C(CN1CCN(S(=O)(=O)C=Cc2ccccc2)CC1)Nc1cc(C(F)(F)F)ccc1N1CCOCC1. The molecule has 1 N–H and O–H groups in total. The first kappa shape index (κ1) is 27.1. The molecule has 12 heteroatoms. The van der Waals surface area contributed by atoms with Crippen LogP contribution in [0.25, 0.3) is 6.08 Å². The first-order valence-electron chi connectivity index (χ1n) is 11.9. The number of rotatable bonds is 7. The van der Waals surface area contributed by atoms with Gasteiger partial charge in [0.05, 0.1) is 36.7 Å². The van der Waals surface area contributed by atoms with Crippen molar-refractivity contribution >= 4 is 33.4 Å². The Morgan fingerprint density at radius 1 is 0.973 bits per heavy atom. The number of amides is 1. The standard InChI is InChI=1S/C25H29F3N4O4S/c26-25(27,28)21-6-7-23(31-13-15-36-16-14-31)22(18-21)29-24(33)19-30-9-11-32(12-10-30)37(34,35)17-8-20-4-2-1-3-5-20/h1-8,17-18H,9-16,19H2,(H,29,33). The fourth-order valence-corrected chi connectivity index (χ4v) is 5.42. The number of carbonyl (C=O) groups is 1. The van der Waals surface area contributed by atoms with Crippen molar-refractivity contribution in [2.45, 2.75) is 6.18 Å². The highest BCUT2D eigenvalue weighted by Crippen LogP contribution is 2.35. The van der Waals surface area contributed by atoms with Crippen LogP contribution in [0, 0.1) is 0 Å². The van der Waals surface area contributed by atoms with E-state index < -0.39 is 27.7 Å². The number of nitrogens with one attached hydrogen (secondary N) is 1. The molecule has 2 aliphatic heterocycles. The molecule has 2 saturated heterocycles. The average molecular weight is 539 g/mol. The largest absolute Gasteiger partial charge is 0.416 e. The lowest BCUT2D eigenvalue weighted by molar-refractivity contribution is -0.137. The molecule has 37 heavy (non-hydrogen) atoms. The first-order chi connectivity index (χ1) is 17.6. The minimum atomic E-state index is -4.54. The predicted molar refractivity (Wildman–Crippen MR) is 136 cm³/mol. The van der Waals surface area contributed by atoms with Crippen molar-refractivity contribution in [2.75, 3.05) is 69.2 Å². The van der Waals surface area contributed by atoms with Crippen LogP contribution in [0.3, 0.4) is 0 Å². The van der Waals surface area contributed by atoms with Crippen molar-refractivity contribution in [3.8, 4) is 0 Å². The van der Waals surface area contributed by atoms with E-state index in [1.165, 1.54) is 21.9 Å². The molecule has 0 aliphatic carbocycles. The number of anilines is 2. The van der Waals surface area contributed by atoms with Crippen LogP contribution in [0.2, 0.25) is 0 Å². The fourth-order valence-electron chi connectivity index (χ4n) is 4.24. The van der Waals surface area contributed by atoms with Gasteiger partial charge in [-0.3, -0.25) is 9.69 Å². The lowest BCUT2D eigenvalue weighted by atomic mass is 10.1. The molecule has 0 unspecified atom stereocenters. The number of benzene rings is 2. The van der Waals surface area contributed by atoms with Crippen LogP contribution in [0.5, 0.6) is 0 Å². The van der Waals surface area contributed by atoms with Gasteiger partial charge in [-0.2, -0.15) is 17.5 Å². The Balaban J connectivity index is 1.36. The normalized spacial score (nSPS) is 18.3. The Morgan fingerprint density at radius 3 is 2.30 bits per heavy atom. The summed E-state index contributed by atoms with van der Waals surface area (Å²) in [5.74, 6) is -0.464. The van der Waals surface area contributed by atoms with Gasteiger partial charge >= 0.3 is 6.18 Å². The van der Waals surface area contributed by atoms with Crippen molar-refractivity contribution in [2.24, 2.45) is 0 Å². The maximum atomic E-state index is 13.3. The summed E-state index contributed by atoms with van der Waals surface area (Å²) in [7, 11) is -3.62. The number of alkyl halides is 3. The quantitative estimate of drug-likeness (QED) is 0.584. The van der Waals surface area contributed by atoms with E-state index in [9.17, 15) is 26.4 Å². The van der Waals surface area contributed by atoms with Gasteiger partial charge in [0.1, 0.15) is 0 Å². The van der Waals surface area contributed by atoms with Crippen LogP contribution in [0.4, 0.5) is 24.5 Å². The van der Waals surface area contributed by atoms with Gasteiger partial charge < -0.3 is 15.0 Å². The monoisotopic (exact) mass is 538 g/mol. The van der Waals surface area contributed by atoms with E-state index in [1.54, 1.807) is 17.0 Å². The number of morpholine rings is 1. The Kier molecular flexibility index (Phi) is 8.53. The Morgan fingerprint density at radius 2 is 1.65 bits per heavy atom. The average Bonchev–Trinajstić information content (AvgIpc) is 2.88. The van der Waals surface area contributed by atoms with Gasteiger partial charge in [-0.1, -0.05) is 30.3 Å². The summed E-state index contributed by atoms with van der Waals surface area (Å²) in [6.45, 7) is 2.90. The third-order valence-electron chi connectivity index (χ3n) is 6.24. The second-order valence-corrected chi connectivity index (χ2v) is 10.6. The minimum Gasteiger partial charge on any atom is -0.378 e. The van der Waals surface area contributed by atoms with Crippen molar-refractivity contribution in [1.82, 2.24) is 9.21 Å². The smallest absolute Gasteiger partial charge is 0.378 e. The predicted octanol–water partition coefficient (Wildman–Crippen LogP) is 3.10. The highest BCUT2D eigenvalue weighted by Gasteiger charge is 2.32. The summed E-state index contributed by atoms with van der Waals surface area (Å²) in [5, 5.41) is 3.81. The summed E-state index contributed by atoms with van der Waals surface area (Å²) in [6, 6.07) is 12.4. The summed E-state index contributed by atoms with van der Waals surface area (Å²) in [6.07, 6.45) is -3.00. The number of halogens is 3. The molecule has 200 valence electrons. The molecule has 2 fully saturated rings. The highest BCUT2D eigenvalue weighted by molar-refractivity contribution is 7.92. The summed E-state index contributed by atoms with van der Waals surface area (Å²) in [5.41, 5.74) is 0.523. The number of hydrogen-bond acceptors (Lipinski definition) is 6. The van der Waals surface area contributed by atoms with Crippen LogP contribution >= 0.6 is 0 Å². The zero-order valence-electron chi connectivity index (χ0n) is 20.2. The first-order valence-corrected chi connectivity index (χ1v) is 13.4. The molecule has 1 amide bonds. The summed E-state index contributed by atoms with van der Waals surface area (Å²) in [4.78, 5) is 16.5. The van der Waals surface area contributed by atoms with Crippen molar-refractivity contribution in [3.63, 3.8) is 0 Å². The second-order valence-electron chi connectivity index (χ2n) is 8.81. The lowest BCUT2D eigenvalue weighted by Crippen LogP contribution is -2.50. The Bertz CT molecular complexity index is 1210. The Hall–Kier alpha value is -2.93. The van der Waals surface area contributed by atoms with Crippen LogP contribution in [0.1, 0.15) is 11.1 Å². The van der Waals surface area contributed by atoms with E-state index in [4.69, 9.17) is 4.74 Å². The van der Waals surface area contributed by atoms with Crippen LogP contribution < -0.4 is 10.2 Å². The van der Waals surface area contributed by atoms with Crippen molar-refractivity contribution in [3.05, 3.63) is 65.1 Å². The van der Waals surface area contributed by atoms with Gasteiger partial charge in [0.25, 0.3) is 0 Å². The molecule has 0 spiro atoms. The summed E-state index contributed by atoms with van der Waals surface area (Å²) >= 11 is 0. The Labute approximate surface area is 214 Å². The molecule has 8 nitrogen and oxygen atoms in total. The maximum Gasteiger partial charge on any atom is 0.416 e. The number of sulfonamides is 1. The van der Waals surface area contributed by atoms with E-state index in [-0.39, 0.29) is 25.3 Å². The van der Waals surface area contributed by atoms with Crippen LogP contribution in [-0.4, -0.2) is 82.6 Å². The zero-order valence-corrected chi connectivity index (χ0v) is 21.0. The van der Waals surface area contributed by atoms with E-state index in [1.807, 2.05) is 23.1 Å². The molecule has 0 aromatic heterocycles. The van der Waals surface area contributed by atoms with E-state index in [0.717, 1.165) is 17.7 Å². The third-order valence-corrected chi connectivity index (χ3v) is 7.81. The molecule has 2 heterocycles. The van der Waals surface area contributed by atoms with Gasteiger partial charge in [-0.25, -0.2) is 8.42 Å². The van der Waals surface area contributed by atoms with E-state index in [0.29, 0.717) is 45.1 Å². The number of carbonyl (C=O) groups excluding carboxylic acids is 1. The van der Waals surface area contributed by atoms with E-state index in [2.05, 4.69) is 5.32 Å². The topological polar surface area (TPSA) is 82.2 Å².